The first kappa shape index (κ1) is 21.0. The number of carbonyl (C=O) groups is 1. The van der Waals surface area contributed by atoms with E-state index in [4.69, 9.17) is 14.2 Å². The first-order chi connectivity index (χ1) is 13.4. The topological polar surface area (TPSA) is 85.4 Å². The van der Waals surface area contributed by atoms with Crippen molar-refractivity contribution in [1.29, 1.82) is 0 Å². The Morgan fingerprint density at radius 3 is 2.61 bits per heavy atom. The van der Waals surface area contributed by atoms with Crippen LogP contribution in [0.1, 0.15) is 12.8 Å². The fraction of sp³-hybridized carbons (Fsp3) is 0.632. The molecule has 3 rings (SSSR count). The molecule has 1 spiro atoms. The van der Waals surface area contributed by atoms with Crippen LogP contribution in [0.4, 0.5) is 0 Å². The van der Waals surface area contributed by atoms with Gasteiger partial charge in [0.1, 0.15) is 17.2 Å². The van der Waals surface area contributed by atoms with Gasteiger partial charge in [-0.05, 0) is 38.1 Å². The standard InChI is InChI=1S/C19H28N2O6S/c1-25-12-11-20-9-7-19(8-10-20)14-21(13-18(22)26-2)28(23,24)17-6-4-3-5-16(17)27-15-19/h3-6H,7-15H2,1-2H3. The molecule has 0 aliphatic carbocycles. The molecule has 0 N–H and O–H groups in total. The summed E-state index contributed by atoms with van der Waals surface area (Å²) >= 11 is 0. The molecule has 0 unspecified atom stereocenters. The summed E-state index contributed by atoms with van der Waals surface area (Å²) in [7, 11) is -0.931. The van der Waals surface area contributed by atoms with Crippen molar-refractivity contribution in [2.75, 3.05) is 60.2 Å². The summed E-state index contributed by atoms with van der Waals surface area (Å²) in [5.74, 6) is -0.242. The number of benzene rings is 1. The van der Waals surface area contributed by atoms with Gasteiger partial charge in [-0.1, -0.05) is 12.1 Å². The van der Waals surface area contributed by atoms with Crippen LogP contribution in [0.3, 0.4) is 0 Å². The average Bonchev–Trinajstić information content (AvgIpc) is 2.71. The summed E-state index contributed by atoms with van der Waals surface area (Å²) < 4.78 is 43.7. The third kappa shape index (κ3) is 4.48. The molecule has 2 heterocycles. The molecular weight excluding hydrogens is 384 g/mol. The number of carbonyl (C=O) groups excluding carboxylic acids is 1. The van der Waals surface area contributed by atoms with Gasteiger partial charge < -0.3 is 19.1 Å². The molecule has 28 heavy (non-hydrogen) atoms. The molecule has 9 heteroatoms. The molecule has 8 nitrogen and oxygen atoms in total. The number of esters is 1. The summed E-state index contributed by atoms with van der Waals surface area (Å²) in [6.45, 7) is 3.52. The fourth-order valence-electron chi connectivity index (χ4n) is 3.78. The van der Waals surface area contributed by atoms with Gasteiger partial charge in [-0.15, -0.1) is 0 Å². The zero-order chi connectivity index (χ0) is 20.2. The monoisotopic (exact) mass is 412 g/mol. The van der Waals surface area contributed by atoms with Crippen LogP contribution in [-0.2, 0) is 24.3 Å². The Labute approximate surface area is 166 Å². The molecule has 1 saturated heterocycles. The highest BCUT2D eigenvalue weighted by Crippen LogP contribution is 2.39. The molecule has 0 amide bonds. The van der Waals surface area contributed by atoms with E-state index < -0.39 is 16.0 Å². The highest BCUT2D eigenvalue weighted by atomic mass is 32.2. The van der Waals surface area contributed by atoms with E-state index in [1.165, 1.54) is 17.5 Å². The molecule has 0 aromatic heterocycles. The molecular formula is C19H28N2O6S. The maximum absolute atomic E-state index is 13.3. The first-order valence-corrected chi connectivity index (χ1v) is 10.8. The zero-order valence-electron chi connectivity index (χ0n) is 16.4. The average molecular weight is 413 g/mol. The van der Waals surface area contributed by atoms with Gasteiger partial charge in [0.05, 0.1) is 20.3 Å². The molecule has 156 valence electrons. The van der Waals surface area contributed by atoms with Crippen molar-refractivity contribution in [3.8, 4) is 5.75 Å². The van der Waals surface area contributed by atoms with E-state index in [1.54, 1.807) is 25.3 Å². The fourth-order valence-corrected chi connectivity index (χ4v) is 5.41. The molecule has 1 fully saturated rings. The van der Waals surface area contributed by atoms with E-state index >= 15 is 0 Å². The van der Waals surface area contributed by atoms with E-state index in [0.29, 0.717) is 19.0 Å². The third-order valence-corrected chi connectivity index (χ3v) is 7.41. The number of para-hydroxylation sites is 1. The van der Waals surface area contributed by atoms with Crippen LogP contribution in [0.2, 0.25) is 0 Å². The molecule has 0 atom stereocenters. The number of sulfonamides is 1. The third-order valence-electron chi connectivity index (χ3n) is 5.57. The van der Waals surface area contributed by atoms with Crippen molar-refractivity contribution in [3.63, 3.8) is 0 Å². The lowest BCUT2D eigenvalue weighted by molar-refractivity contribution is -0.141. The molecule has 1 aromatic carbocycles. The molecule has 0 saturated carbocycles. The molecule has 1 aromatic rings. The zero-order valence-corrected chi connectivity index (χ0v) is 17.2. The number of hydrogen-bond donors (Lipinski definition) is 0. The SMILES string of the molecule is COCCN1CCC2(CC1)COc1ccccc1S(=O)(=O)N(CC(=O)OC)C2. The molecule has 0 bridgehead atoms. The van der Waals surface area contributed by atoms with Crippen LogP contribution in [-0.4, -0.2) is 83.7 Å². The van der Waals surface area contributed by atoms with Gasteiger partial charge in [-0.25, -0.2) is 8.42 Å². The summed E-state index contributed by atoms with van der Waals surface area (Å²) in [5.41, 5.74) is -0.349. The van der Waals surface area contributed by atoms with Gasteiger partial charge in [-0.2, -0.15) is 4.31 Å². The van der Waals surface area contributed by atoms with Crippen molar-refractivity contribution in [1.82, 2.24) is 9.21 Å². The number of methoxy groups -OCH3 is 2. The molecule has 2 aliphatic rings. The molecule has 0 radical (unpaired) electrons. The Morgan fingerprint density at radius 2 is 1.93 bits per heavy atom. The quantitative estimate of drug-likeness (QED) is 0.666. The molecule has 2 aliphatic heterocycles. The van der Waals surface area contributed by atoms with Crippen molar-refractivity contribution in [3.05, 3.63) is 24.3 Å². The van der Waals surface area contributed by atoms with E-state index in [1.807, 2.05) is 0 Å². The smallest absolute Gasteiger partial charge is 0.321 e. The lowest BCUT2D eigenvalue weighted by Gasteiger charge is -2.44. The first-order valence-electron chi connectivity index (χ1n) is 9.40. The summed E-state index contributed by atoms with van der Waals surface area (Å²) in [4.78, 5) is 14.3. The second-order valence-corrected chi connectivity index (χ2v) is 9.33. The summed E-state index contributed by atoms with van der Waals surface area (Å²) in [6, 6.07) is 6.58. The van der Waals surface area contributed by atoms with Gasteiger partial charge in [0.25, 0.3) is 0 Å². The Hall–Kier alpha value is -1.68. The van der Waals surface area contributed by atoms with Gasteiger partial charge >= 0.3 is 5.97 Å². The van der Waals surface area contributed by atoms with Crippen LogP contribution < -0.4 is 4.74 Å². The van der Waals surface area contributed by atoms with Gasteiger partial charge in [-0.3, -0.25) is 4.79 Å². The van der Waals surface area contributed by atoms with Crippen molar-refractivity contribution in [2.24, 2.45) is 5.41 Å². The predicted molar refractivity (Wildman–Crippen MR) is 103 cm³/mol. The minimum absolute atomic E-state index is 0.0892. The Morgan fingerprint density at radius 1 is 1.21 bits per heavy atom. The minimum Gasteiger partial charge on any atom is -0.492 e. The summed E-state index contributed by atoms with van der Waals surface area (Å²) in [5, 5.41) is 0. The lowest BCUT2D eigenvalue weighted by Crippen LogP contribution is -2.52. The number of likely N-dealkylation sites (tertiary alicyclic amines) is 1. The number of piperidine rings is 1. The van der Waals surface area contributed by atoms with Crippen LogP contribution >= 0.6 is 0 Å². The minimum atomic E-state index is -3.88. The number of hydrogen-bond acceptors (Lipinski definition) is 7. The maximum atomic E-state index is 13.3. The predicted octanol–water partition coefficient (Wildman–Crippen LogP) is 0.971. The Bertz CT molecular complexity index is 789. The van der Waals surface area contributed by atoms with Crippen molar-refractivity contribution in [2.45, 2.75) is 17.7 Å². The number of rotatable bonds is 5. The van der Waals surface area contributed by atoms with Crippen molar-refractivity contribution < 1.29 is 27.4 Å². The van der Waals surface area contributed by atoms with Crippen LogP contribution in [0, 0.1) is 5.41 Å². The highest BCUT2D eigenvalue weighted by molar-refractivity contribution is 7.89. The second kappa shape index (κ2) is 8.77. The number of ether oxygens (including phenoxy) is 3. The van der Waals surface area contributed by atoms with Crippen LogP contribution in [0.25, 0.3) is 0 Å². The summed E-state index contributed by atoms with van der Waals surface area (Å²) in [6.07, 6.45) is 1.57. The lowest BCUT2D eigenvalue weighted by atomic mass is 9.78. The largest absolute Gasteiger partial charge is 0.492 e. The van der Waals surface area contributed by atoms with E-state index in [9.17, 15) is 13.2 Å². The highest BCUT2D eigenvalue weighted by Gasteiger charge is 2.43. The van der Waals surface area contributed by atoms with Crippen LogP contribution in [0.15, 0.2) is 29.2 Å². The number of fused-ring (bicyclic) bond motifs is 1. The number of nitrogens with zero attached hydrogens (tertiary/aromatic N) is 2. The normalized spacial score (nSPS) is 21.9. The Balaban J connectivity index is 1.89. The Kier molecular flexibility index (Phi) is 6.59. The van der Waals surface area contributed by atoms with Gasteiger partial charge in [0, 0.05) is 25.6 Å². The van der Waals surface area contributed by atoms with E-state index in [2.05, 4.69) is 4.90 Å². The van der Waals surface area contributed by atoms with Gasteiger partial charge in [0.2, 0.25) is 10.0 Å². The second-order valence-electron chi connectivity index (χ2n) is 7.42. The van der Waals surface area contributed by atoms with E-state index in [-0.39, 0.29) is 23.4 Å². The van der Waals surface area contributed by atoms with Crippen molar-refractivity contribution >= 4 is 16.0 Å². The van der Waals surface area contributed by atoms with Gasteiger partial charge in [0.15, 0.2) is 0 Å². The van der Waals surface area contributed by atoms with Crippen LogP contribution in [0.5, 0.6) is 5.75 Å². The maximum Gasteiger partial charge on any atom is 0.321 e. The van der Waals surface area contributed by atoms with E-state index in [0.717, 1.165) is 32.5 Å².